The molecule has 5 nitrogen and oxygen atoms in total. The van der Waals surface area contributed by atoms with Crippen molar-refractivity contribution in [1.82, 2.24) is 0 Å². The predicted octanol–water partition coefficient (Wildman–Crippen LogP) is 5.35. The van der Waals surface area contributed by atoms with Gasteiger partial charge in [0.1, 0.15) is 37.1 Å². The van der Waals surface area contributed by atoms with Crippen LogP contribution in [0, 0.1) is 0 Å². The fourth-order valence-corrected chi connectivity index (χ4v) is 2.61. The number of hydrogen-bond donors (Lipinski definition) is 1. The molecular formula is C25H25NO4. The monoisotopic (exact) mass is 403 g/mol. The van der Waals surface area contributed by atoms with Crippen LogP contribution in [0.3, 0.4) is 0 Å². The second-order valence-electron chi connectivity index (χ2n) is 6.76. The minimum Gasteiger partial charge on any atom is -0.490 e. The number of carbonyl (C=O) groups excluding carboxylic acids is 1. The summed E-state index contributed by atoms with van der Waals surface area (Å²) < 4.78 is 16.9. The van der Waals surface area contributed by atoms with E-state index in [0.717, 1.165) is 11.3 Å². The van der Waals surface area contributed by atoms with Crippen molar-refractivity contribution in [2.45, 2.75) is 6.92 Å². The largest absolute Gasteiger partial charge is 0.490 e. The van der Waals surface area contributed by atoms with Crippen molar-refractivity contribution >= 4 is 11.6 Å². The zero-order valence-corrected chi connectivity index (χ0v) is 17.0. The van der Waals surface area contributed by atoms with Crippen LogP contribution in [0.2, 0.25) is 0 Å². The first kappa shape index (κ1) is 21.0. The number of nitrogens with one attached hydrogen (secondary N) is 1. The van der Waals surface area contributed by atoms with Gasteiger partial charge in [-0.15, -0.1) is 0 Å². The van der Waals surface area contributed by atoms with Gasteiger partial charge in [0.2, 0.25) is 0 Å². The number of ether oxygens (including phenoxy) is 3. The van der Waals surface area contributed by atoms with Gasteiger partial charge in [0.25, 0.3) is 5.91 Å². The van der Waals surface area contributed by atoms with E-state index in [9.17, 15) is 4.79 Å². The third-order valence-electron chi connectivity index (χ3n) is 4.06. The number of amides is 1. The van der Waals surface area contributed by atoms with E-state index in [1.165, 1.54) is 0 Å². The lowest BCUT2D eigenvalue weighted by Gasteiger charge is -2.11. The molecule has 1 amide bonds. The number of rotatable bonds is 10. The van der Waals surface area contributed by atoms with Crippen molar-refractivity contribution in [1.29, 1.82) is 0 Å². The second kappa shape index (κ2) is 10.7. The summed E-state index contributed by atoms with van der Waals surface area (Å²) in [5.41, 5.74) is 2.13. The van der Waals surface area contributed by atoms with Crippen molar-refractivity contribution < 1.29 is 19.0 Å². The van der Waals surface area contributed by atoms with Crippen molar-refractivity contribution in [3.63, 3.8) is 0 Å². The van der Waals surface area contributed by atoms with Crippen LogP contribution >= 0.6 is 0 Å². The lowest BCUT2D eigenvalue weighted by molar-refractivity contribution is 0.102. The van der Waals surface area contributed by atoms with Crippen LogP contribution in [0.1, 0.15) is 17.3 Å². The predicted molar refractivity (Wildman–Crippen MR) is 119 cm³/mol. The maximum absolute atomic E-state index is 12.5. The first-order valence-electron chi connectivity index (χ1n) is 9.69. The molecule has 3 aromatic carbocycles. The average Bonchev–Trinajstić information content (AvgIpc) is 2.76. The maximum Gasteiger partial charge on any atom is 0.255 e. The highest BCUT2D eigenvalue weighted by molar-refractivity contribution is 6.04. The molecule has 1 N–H and O–H groups in total. The van der Waals surface area contributed by atoms with Gasteiger partial charge in [-0.1, -0.05) is 30.8 Å². The molecule has 3 rings (SSSR count). The molecule has 0 saturated carbocycles. The van der Waals surface area contributed by atoms with Crippen LogP contribution < -0.4 is 19.5 Å². The SMILES string of the molecule is C=C(C)COc1ccc(C(=O)Nc2cccc(OCCOc3ccccc3)c2)cc1. The molecule has 0 bridgehead atoms. The Morgan fingerprint density at radius 1 is 0.800 bits per heavy atom. The van der Waals surface area contributed by atoms with Crippen LogP contribution in [-0.4, -0.2) is 25.7 Å². The van der Waals surface area contributed by atoms with Gasteiger partial charge in [-0.3, -0.25) is 4.79 Å². The summed E-state index contributed by atoms with van der Waals surface area (Å²) in [4.78, 5) is 12.5. The molecule has 5 heteroatoms. The maximum atomic E-state index is 12.5. The minimum atomic E-state index is -0.203. The first-order valence-corrected chi connectivity index (χ1v) is 9.69. The van der Waals surface area contributed by atoms with Crippen LogP contribution in [0.15, 0.2) is 91.0 Å². The summed E-state index contributed by atoms with van der Waals surface area (Å²) >= 11 is 0. The Kier molecular flexibility index (Phi) is 7.50. The normalized spacial score (nSPS) is 10.2. The van der Waals surface area contributed by atoms with Crippen LogP contribution in [0.25, 0.3) is 0 Å². The highest BCUT2D eigenvalue weighted by Crippen LogP contribution is 2.19. The zero-order chi connectivity index (χ0) is 21.2. The van der Waals surface area contributed by atoms with Crippen molar-refractivity contribution in [3.8, 4) is 17.2 Å². The molecule has 0 aromatic heterocycles. The van der Waals surface area contributed by atoms with E-state index in [4.69, 9.17) is 14.2 Å². The summed E-state index contributed by atoms with van der Waals surface area (Å²) in [7, 11) is 0. The molecule has 0 atom stereocenters. The Labute approximate surface area is 176 Å². The van der Waals surface area contributed by atoms with Crippen molar-refractivity contribution in [2.75, 3.05) is 25.1 Å². The first-order chi connectivity index (χ1) is 14.6. The van der Waals surface area contributed by atoms with Crippen LogP contribution in [0.5, 0.6) is 17.2 Å². The van der Waals surface area contributed by atoms with Gasteiger partial charge in [-0.25, -0.2) is 0 Å². The van der Waals surface area contributed by atoms with Crippen molar-refractivity contribution in [2.24, 2.45) is 0 Å². The van der Waals surface area contributed by atoms with Gasteiger partial charge >= 0.3 is 0 Å². The topological polar surface area (TPSA) is 56.8 Å². The van der Waals surface area contributed by atoms with E-state index in [1.54, 1.807) is 30.3 Å². The molecule has 154 valence electrons. The molecule has 0 unspecified atom stereocenters. The molecule has 0 aliphatic carbocycles. The summed E-state index contributed by atoms with van der Waals surface area (Å²) in [6.45, 7) is 6.98. The van der Waals surface area contributed by atoms with Gasteiger partial charge in [0, 0.05) is 17.3 Å². The number of anilines is 1. The third-order valence-corrected chi connectivity index (χ3v) is 4.06. The molecule has 0 aliphatic rings. The van der Waals surface area contributed by atoms with Gasteiger partial charge in [0.05, 0.1) is 0 Å². The van der Waals surface area contributed by atoms with E-state index in [-0.39, 0.29) is 5.91 Å². The summed E-state index contributed by atoms with van der Waals surface area (Å²) in [6.07, 6.45) is 0. The molecule has 30 heavy (non-hydrogen) atoms. The smallest absolute Gasteiger partial charge is 0.255 e. The third kappa shape index (κ3) is 6.71. The van der Waals surface area contributed by atoms with Crippen molar-refractivity contribution in [3.05, 3.63) is 96.6 Å². The Hall–Kier alpha value is -3.73. The summed E-state index contributed by atoms with van der Waals surface area (Å²) in [6, 6.07) is 23.8. The van der Waals surface area contributed by atoms with Gasteiger partial charge in [-0.2, -0.15) is 0 Å². The minimum absolute atomic E-state index is 0.203. The van der Waals surface area contributed by atoms with E-state index < -0.39 is 0 Å². The average molecular weight is 403 g/mol. The van der Waals surface area contributed by atoms with Gasteiger partial charge in [0.15, 0.2) is 0 Å². The number of para-hydroxylation sites is 1. The number of benzene rings is 3. The van der Waals surface area contributed by atoms with Crippen LogP contribution in [-0.2, 0) is 0 Å². The summed E-state index contributed by atoms with van der Waals surface area (Å²) in [5, 5.41) is 2.88. The Morgan fingerprint density at radius 3 is 2.13 bits per heavy atom. The fourth-order valence-electron chi connectivity index (χ4n) is 2.61. The highest BCUT2D eigenvalue weighted by atomic mass is 16.5. The lowest BCUT2D eigenvalue weighted by Crippen LogP contribution is -2.12. The molecule has 3 aromatic rings. The molecule has 0 aliphatic heterocycles. The summed E-state index contributed by atoms with van der Waals surface area (Å²) in [5.74, 6) is 1.96. The Balaban J connectivity index is 1.49. The van der Waals surface area contributed by atoms with E-state index in [2.05, 4.69) is 11.9 Å². The zero-order valence-electron chi connectivity index (χ0n) is 17.0. The van der Waals surface area contributed by atoms with Crippen LogP contribution in [0.4, 0.5) is 5.69 Å². The quantitative estimate of drug-likeness (QED) is 0.366. The molecule has 0 saturated heterocycles. The van der Waals surface area contributed by atoms with Gasteiger partial charge in [-0.05, 0) is 61.0 Å². The Morgan fingerprint density at radius 2 is 1.43 bits per heavy atom. The molecule has 0 spiro atoms. The van der Waals surface area contributed by atoms with E-state index in [1.807, 2.05) is 55.5 Å². The van der Waals surface area contributed by atoms with E-state index in [0.29, 0.717) is 42.6 Å². The molecule has 0 heterocycles. The number of hydrogen-bond acceptors (Lipinski definition) is 4. The standard InChI is InChI=1S/C25H25NO4/c1-19(2)18-30-23-13-11-20(12-14-23)25(27)26-21-7-6-10-24(17-21)29-16-15-28-22-8-4-3-5-9-22/h3-14,17H,1,15-16,18H2,2H3,(H,26,27). The Bertz CT molecular complexity index is 968. The fraction of sp³-hybridized carbons (Fsp3) is 0.160. The highest BCUT2D eigenvalue weighted by Gasteiger charge is 2.07. The molecule has 0 radical (unpaired) electrons. The molecule has 0 fully saturated rings. The lowest BCUT2D eigenvalue weighted by atomic mass is 10.2. The molecular weight excluding hydrogens is 378 g/mol. The number of carbonyl (C=O) groups is 1. The van der Waals surface area contributed by atoms with Gasteiger partial charge < -0.3 is 19.5 Å². The second-order valence-corrected chi connectivity index (χ2v) is 6.76. The van der Waals surface area contributed by atoms with E-state index >= 15 is 0 Å².